The van der Waals surface area contributed by atoms with E-state index in [2.05, 4.69) is 10.1 Å². The standard InChI is InChI=1S/C12H14FN3OS/c1-2-10(14)12-15-11(16-17-12)7-18-9-5-3-4-8(13)6-9/h3-6,10H,2,7,14H2,1H3/t10-/m1/s1. The Morgan fingerprint density at radius 3 is 3.06 bits per heavy atom. The van der Waals surface area contributed by atoms with E-state index in [0.717, 1.165) is 11.3 Å². The van der Waals surface area contributed by atoms with Crippen LogP contribution in [0.15, 0.2) is 33.7 Å². The molecule has 1 atom stereocenters. The Hall–Kier alpha value is -1.40. The van der Waals surface area contributed by atoms with E-state index in [4.69, 9.17) is 10.3 Å². The van der Waals surface area contributed by atoms with Crippen LogP contribution >= 0.6 is 11.8 Å². The summed E-state index contributed by atoms with van der Waals surface area (Å²) in [6.45, 7) is 1.95. The SMILES string of the molecule is CC[C@@H](N)c1nc(CSc2cccc(F)c2)no1. The number of nitrogens with two attached hydrogens (primary N) is 1. The molecule has 0 spiro atoms. The van der Waals surface area contributed by atoms with Crippen molar-refractivity contribution in [3.05, 3.63) is 41.8 Å². The van der Waals surface area contributed by atoms with Crippen LogP contribution in [-0.2, 0) is 5.75 Å². The fourth-order valence-corrected chi connectivity index (χ4v) is 2.14. The van der Waals surface area contributed by atoms with Gasteiger partial charge in [0.2, 0.25) is 5.89 Å². The lowest BCUT2D eigenvalue weighted by atomic mass is 10.2. The highest BCUT2D eigenvalue weighted by molar-refractivity contribution is 7.98. The molecule has 0 aliphatic carbocycles. The van der Waals surface area contributed by atoms with Crippen LogP contribution in [0.3, 0.4) is 0 Å². The first-order valence-electron chi connectivity index (χ1n) is 5.65. The smallest absolute Gasteiger partial charge is 0.243 e. The lowest BCUT2D eigenvalue weighted by molar-refractivity contribution is 0.349. The van der Waals surface area contributed by atoms with Crippen molar-refractivity contribution in [3.8, 4) is 0 Å². The van der Waals surface area contributed by atoms with E-state index < -0.39 is 0 Å². The fourth-order valence-electron chi connectivity index (χ4n) is 1.36. The van der Waals surface area contributed by atoms with E-state index in [9.17, 15) is 4.39 Å². The van der Waals surface area contributed by atoms with Gasteiger partial charge in [-0.15, -0.1) is 11.8 Å². The third kappa shape index (κ3) is 3.30. The zero-order chi connectivity index (χ0) is 13.0. The van der Waals surface area contributed by atoms with E-state index in [1.165, 1.54) is 23.9 Å². The molecular formula is C12H14FN3OS. The molecule has 0 aliphatic rings. The molecule has 0 amide bonds. The first-order chi connectivity index (χ1) is 8.69. The van der Waals surface area contributed by atoms with Gasteiger partial charge in [0.1, 0.15) is 5.82 Å². The first kappa shape index (κ1) is 13.0. The number of thioether (sulfide) groups is 1. The summed E-state index contributed by atoms with van der Waals surface area (Å²) in [6, 6.07) is 6.18. The summed E-state index contributed by atoms with van der Waals surface area (Å²) in [5, 5.41) is 3.84. The summed E-state index contributed by atoms with van der Waals surface area (Å²) in [4.78, 5) is 5.04. The van der Waals surface area contributed by atoms with Crippen LogP contribution in [0.5, 0.6) is 0 Å². The Bertz CT molecular complexity index is 518. The van der Waals surface area contributed by atoms with Gasteiger partial charge in [-0.3, -0.25) is 0 Å². The number of halogens is 1. The second-order valence-electron chi connectivity index (χ2n) is 3.81. The minimum atomic E-state index is -0.248. The van der Waals surface area contributed by atoms with E-state index in [1.807, 2.05) is 13.0 Å². The summed E-state index contributed by atoms with van der Waals surface area (Å²) in [6.07, 6.45) is 0.749. The van der Waals surface area contributed by atoms with Crippen LogP contribution in [0.2, 0.25) is 0 Å². The van der Waals surface area contributed by atoms with Gasteiger partial charge in [-0.1, -0.05) is 18.1 Å². The predicted octanol–water partition coefficient (Wildman–Crippen LogP) is 2.91. The highest BCUT2D eigenvalue weighted by Crippen LogP contribution is 2.22. The van der Waals surface area contributed by atoms with Crippen LogP contribution in [-0.4, -0.2) is 10.1 Å². The Morgan fingerprint density at radius 2 is 2.33 bits per heavy atom. The minimum Gasteiger partial charge on any atom is -0.338 e. The molecule has 2 N–H and O–H groups in total. The molecule has 1 aromatic carbocycles. The Morgan fingerprint density at radius 1 is 1.50 bits per heavy atom. The minimum absolute atomic E-state index is 0.217. The molecule has 18 heavy (non-hydrogen) atoms. The molecule has 0 aliphatic heterocycles. The van der Waals surface area contributed by atoms with Gasteiger partial charge in [0.15, 0.2) is 5.82 Å². The van der Waals surface area contributed by atoms with Gasteiger partial charge in [-0.05, 0) is 24.6 Å². The summed E-state index contributed by atoms with van der Waals surface area (Å²) in [7, 11) is 0. The highest BCUT2D eigenvalue weighted by atomic mass is 32.2. The van der Waals surface area contributed by atoms with Crippen molar-refractivity contribution in [1.82, 2.24) is 10.1 Å². The normalized spacial score (nSPS) is 12.6. The van der Waals surface area contributed by atoms with Crippen molar-refractivity contribution >= 4 is 11.8 Å². The molecule has 1 heterocycles. The number of hydrogen-bond donors (Lipinski definition) is 1. The quantitative estimate of drug-likeness (QED) is 0.844. The van der Waals surface area contributed by atoms with Gasteiger partial charge in [0.25, 0.3) is 0 Å². The summed E-state index contributed by atoms with van der Waals surface area (Å²) >= 11 is 1.45. The van der Waals surface area contributed by atoms with Crippen LogP contribution in [0.4, 0.5) is 4.39 Å². The first-order valence-corrected chi connectivity index (χ1v) is 6.64. The van der Waals surface area contributed by atoms with E-state index in [0.29, 0.717) is 17.5 Å². The summed E-state index contributed by atoms with van der Waals surface area (Å²) in [5.41, 5.74) is 5.78. The van der Waals surface area contributed by atoms with Crippen molar-refractivity contribution in [2.45, 2.75) is 30.0 Å². The van der Waals surface area contributed by atoms with Crippen molar-refractivity contribution in [2.24, 2.45) is 5.73 Å². The maximum atomic E-state index is 13.0. The molecular weight excluding hydrogens is 253 g/mol. The molecule has 1 aromatic heterocycles. The lowest BCUT2D eigenvalue weighted by Gasteiger charge is -1.99. The lowest BCUT2D eigenvalue weighted by Crippen LogP contribution is -2.08. The molecule has 96 valence electrons. The Labute approximate surface area is 109 Å². The number of hydrogen-bond acceptors (Lipinski definition) is 5. The molecule has 6 heteroatoms. The van der Waals surface area contributed by atoms with Gasteiger partial charge in [-0.2, -0.15) is 4.98 Å². The average molecular weight is 267 g/mol. The van der Waals surface area contributed by atoms with Gasteiger partial charge in [0.05, 0.1) is 11.8 Å². The monoisotopic (exact) mass is 267 g/mol. The Balaban J connectivity index is 1.96. The van der Waals surface area contributed by atoms with E-state index >= 15 is 0 Å². The molecule has 0 saturated carbocycles. The summed E-state index contributed by atoms with van der Waals surface area (Å²) < 4.78 is 18.0. The maximum Gasteiger partial charge on any atom is 0.243 e. The molecule has 0 unspecified atom stereocenters. The zero-order valence-corrected chi connectivity index (χ0v) is 10.8. The molecule has 2 rings (SSSR count). The molecule has 4 nitrogen and oxygen atoms in total. The highest BCUT2D eigenvalue weighted by Gasteiger charge is 2.12. The number of benzene rings is 1. The fraction of sp³-hybridized carbons (Fsp3) is 0.333. The number of rotatable bonds is 5. The second kappa shape index (κ2) is 5.97. The van der Waals surface area contributed by atoms with Gasteiger partial charge in [-0.25, -0.2) is 4.39 Å². The van der Waals surface area contributed by atoms with E-state index in [-0.39, 0.29) is 11.9 Å². The van der Waals surface area contributed by atoms with Crippen LogP contribution < -0.4 is 5.73 Å². The average Bonchev–Trinajstić information content (AvgIpc) is 2.84. The number of aromatic nitrogens is 2. The molecule has 0 bridgehead atoms. The zero-order valence-electron chi connectivity index (χ0n) is 9.97. The molecule has 0 radical (unpaired) electrons. The van der Waals surface area contributed by atoms with Gasteiger partial charge in [0, 0.05) is 4.90 Å². The van der Waals surface area contributed by atoms with Crippen LogP contribution in [0.25, 0.3) is 0 Å². The van der Waals surface area contributed by atoms with Gasteiger partial charge < -0.3 is 10.3 Å². The van der Waals surface area contributed by atoms with Gasteiger partial charge >= 0.3 is 0 Å². The van der Waals surface area contributed by atoms with Crippen LogP contribution in [0, 0.1) is 5.82 Å². The van der Waals surface area contributed by atoms with Crippen molar-refractivity contribution in [1.29, 1.82) is 0 Å². The second-order valence-corrected chi connectivity index (χ2v) is 4.86. The molecule has 2 aromatic rings. The van der Waals surface area contributed by atoms with Crippen molar-refractivity contribution in [2.75, 3.05) is 0 Å². The third-order valence-electron chi connectivity index (χ3n) is 2.40. The maximum absolute atomic E-state index is 13.0. The predicted molar refractivity (Wildman–Crippen MR) is 67.5 cm³/mol. The molecule has 0 saturated heterocycles. The molecule has 0 fully saturated rings. The number of nitrogens with zero attached hydrogens (tertiary/aromatic N) is 2. The third-order valence-corrected chi connectivity index (χ3v) is 3.39. The van der Waals surface area contributed by atoms with Crippen molar-refractivity contribution < 1.29 is 8.91 Å². The summed E-state index contributed by atoms with van der Waals surface area (Å²) in [5.74, 6) is 1.31. The van der Waals surface area contributed by atoms with Crippen molar-refractivity contribution in [3.63, 3.8) is 0 Å². The largest absolute Gasteiger partial charge is 0.338 e. The topological polar surface area (TPSA) is 64.9 Å². The Kier molecular flexibility index (Phi) is 4.33. The van der Waals surface area contributed by atoms with Crippen LogP contribution in [0.1, 0.15) is 31.1 Å². The van der Waals surface area contributed by atoms with E-state index in [1.54, 1.807) is 6.07 Å².